The number of pyridine rings is 1. The quantitative estimate of drug-likeness (QED) is 0.373. The highest BCUT2D eigenvalue weighted by molar-refractivity contribution is 14.0. The van der Waals surface area contributed by atoms with Gasteiger partial charge in [0.15, 0.2) is 17.6 Å². The van der Waals surface area contributed by atoms with Crippen molar-refractivity contribution in [3.8, 4) is 0 Å². The largest absolute Gasteiger partial charge is 0.356 e. The molecule has 0 saturated carbocycles. The van der Waals surface area contributed by atoms with Crippen LogP contribution in [0.1, 0.15) is 22.0 Å². The first-order valence-electron chi connectivity index (χ1n) is 8.82. The number of hydrogen-bond acceptors (Lipinski definition) is 5. The molecule has 1 unspecified atom stereocenters. The highest BCUT2D eigenvalue weighted by atomic mass is 127. The summed E-state index contributed by atoms with van der Waals surface area (Å²) in [6.07, 6.45) is 3.47. The molecular weight excluding hydrogens is 478 g/mol. The third-order valence-corrected chi connectivity index (χ3v) is 5.57. The van der Waals surface area contributed by atoms with Gasteiger partial charge in [-0.15, -0.1) is 35.3 Å². The van der Waals surface area contributed by atoms with Gasteiger partial charge in [-0.25, -0.2) is 14.4 Å². The van der Waals surface area contributed by atoms with E-state index in [1.165, 1.54) is 10.9 Å². The van der Waals surface area contributed by atoms with E-state index in [9.17, 15) is 4.39 Å². The lowest BCUT2D eigenvalue weighted by atomic mass is 10.2. The first-order chi connectivity index (χ1) is 12.6. The Morgan fingerprint density at radius 2 is 2.26 bits per heavy atom. The molecule has 0 aromatic carbocycles. The number of thiazole rings is 1. The summed E-state index contributed by atoms with van der Waals surface area (Å²) in [5.41, 5.74) is 1.11. The second-order valence-corrected chi connectivity index (χ2v) is 7.66. The van der Waals surface area contributed by atoms with Crippen LogP contribution in [0.5, 0.6) is 0 Å². The van der Waals surface area contributed by atoms with Gasteiger partial charge in [0.1, 0.15) is 0 Å². The third-order valence-electron chi connectivity index (χ3n) is 4.44. The highest BCUT2D eigenvalue weighted by Gasteiger charge is 2.25. The van der Waals surface area contributed by atoms with Crippen LogP contribution >= 0.6 is 35.3 Å². The fraction of sp³-hybridized carbons (Fsp3) is 0.500. The van der Waals surface area contributed by atoms with E-state index in [0.717, 1.165) is 42.6 Å². The minimum atomic E-state index is -0.272. The Kier molecular flexibility index (Phi) is 8.21. The number of hydrogen-bond donors (Lipinski definition) is 2. The molecule has 1 atom stereocenters. The molecule has 0 aliphatic carbocycles. The van der Waals surface area contributed by atoms with Crippen molar-refractivity contribution in [1.29, 1.82) is 0 Å². The summed E-state index contributed by atoms with van der Waals surface area (Å²) in [6, 6.07) is 3.28. The van der Waals surface area contributed by atoms with Gasteiger partial charge in [0.05, 0.1) is 10.7 Å². The van der Waals surface area contributed by atoms with Crippen LogP contribution < -0.4 is 15.5 Å². The van der Waals surface area contributed by atoms with Gasteiger partial charge in [-0.1, -0.05) is 0 Å². The number of aliphatic imine (C=N–C) groups is 1. The molecule has 27 heavy (non-hydrogen) atoms. The topological polar surface area (TPSA) is 65.4 Å². The maximum absolute atomic E-state index is 13.9. The van der Waals surface area contributed by atoms with E-state index in [2.05, 4.69) is 32.5 Å². The van der Waals surface area contributed by atoms with E-state index >= 15 is 0 Å². The zero-order valence-electron chi connectivity index (χ0n) is 15.8. The van der Waals surface area contributed by atoms with Gasteiger partial charge in [0.2, 0.25) is 0 Å². The molecule has 2 aromatic heterocycles. The predicted molar refractivity (Wildman–Crippen MR) is 120 cm³/mol. The SMILES string of the molecule is CN=C(NCCc1sc(C)nc1C)NC1CCN(c2ncccc2F)C1.I. The molecule has 1 fully saturated rings. The van der Waals surface area contributed by atoms with E-state index < -0.39 is 0 Å². The Balaban J connectivity index is 0.00000261. The number of halogens is 2. The van der Waals surface area contributed by atoms with E-state index in [1.54, 1.807) is 30.6 Å². The Hall–Kier alpha value is -1.49. The van der Waals surface area contributed by atoms with Crippen molar-refractivity contribution < 1.29 is 4.39 Å². The monoisotopic (exact) mass is 504 g/mol. The predicted octanol–water partition coefficient (Wildman–Crippen LogP) is 2.90. The smallest absolute Gasteiger partial charge is 0.191 e. The molecule has 0 amide bonds. The summed E-state index contributed by atoms with van der Waals surface area (Å²) in [5.74, 6) is 0.930. The Bertz CT molecular complexity index is 781. The van der Waals surface area contributed by atoms with E-state index in [1.807, 2.05) is 11.8 Å². The highest BCUT2D eigenvalue weighted by Crippen LogP contribution is 2.21. The fourth-order valence-corrected chi connectivity index (χ4v) is 4.10. The summed E-state index contributed by atoms with van der Waals surface area (Å²) >= 11 is 1.75. The lowest BCUT2D eigenvalue weighted by molar-refractivity contribution is 0.612. The van der Waals surface area contributed by atoms with Crippen molar-refractivity contribution in [2.75, 3.05) is 31.6 Å². The van der Waals surface area contributed by atoms with E-state index in [4.69, 9.17) is 0 Å². The van der Waals surface area contributed by atoms with Crippen LogP contribution in [0.2, 0.25) is 0 Å². The number of rotatable bonds is 5. The van der Waals surface area contributed by atoms with Crippen LogP contribution in [-0.2, 0) is 6.42 Å². The average Bonchev–Trinajstić information content (AvgIpc) is 3.20. The molecule has 6 nitrogen and oxygen atoms in total. The van der Waals surface area contributed by atoms with Crippen molar-refractivity contribution >= 4 is 47.1 Å². The summed E-state index contributed by atoms with van der Waals surface area (Å²) < 4.78 is 13.9. The third kappa shape index (κ3) is 5.74. The van der Waals surface area contributed by atoms with Gasteiger partial charge < -0.3 is 15.5 Å². The summed E-state index contributed by atoms with van der Waals surface area (Å²) in [5, 5.41) is 7.89. The number of nitrogens with one attached hydrogen (secondary N) is 2. The Morgan fingerprint density at radius 1 is 1.44 bits per heavy atom. The van der Waals surface area contributed by atoms with Crippen LogP contribution in [0, 0.1) is 19.7 Å². The molecule has 148 valence electrons. The summed E-state index contributed by atoms with van der Waals surface area (Å²) in [6.45, 7) is 6.37. The number of aromatic nitrogens is 2. The number of guanidine groups is 1. The molecule has 3 rings (SSSR count). The van der Waals surface area contributed by atoms with Crippen LogP contribution in [0.4, 0.5) is 10.2 Å². The van der Waals surface area contributed by atoms with Gasteiger partial charge in [-0.2, -0.15) is 0 Å². The molecule has 1 saturated heterocycles. The molecule has 0 radical (unpaired) electrons. The number of nitrogens with zero attached hydrogens (tertiary/aromatic N) is 4. The van der Waals surface area contributed by atoms with Crippen LogP contribution in [0.15, 0.2) is 23.3 Å². The van der Waals surface area contributed by atoms with Gasteiger partial charge in [-0.05, 0) is 32.4 Å². The summed E-state index contributed by atoms with van der Waals surface area (Å²) in [4.78, 5) is 16.2. The molecule has 1 aliphatic rings. The molecular formula is C18H26FIN6S. The molecule has 0 bridgehead atoms. The minimum absolute atomic E-state index is 0. The minimum Gasteiger partial charge on any atom is -0.356 e. The van der Waals surface area contributed by atoms with Crippen LogP contribution in [0.3, 0.4) is 0 Å². The second-order valence-electron chi connectivity index (χ2n) is 6.38. The molecule has 2 N–H and O–H groups in total. The van der Waals surface area contributed by atoms with Crippen molar-refractivity contribution in [3.63, 3.8) is 0 Å². The lowest BCUT2D eigenvalue weighted by Gasteiger charge is -2.19. The maximum atomic E-state index is 13.9. The van der Waals surface area contributed by atoms with E-state index in [0.29, 0.717) is 12.4 Å². The molecule has 2 aromatic rings. The number of aryl methyl sites for hydroxylation is 2. The van der Waals surface area contributed by atoms with Crippen molar-refractivity contribution in [2.24, 2.45) is 4.99 Å². The second kappa shape index (κ2) is 10.2. The van der Waals surface area contributed by atoms with Crippen molar-refractivity contribution in [1.82, 2.24) is 20.6 Å². The lowest BCUT2D eigenvalue weighted by Crippen LogP contribution is -2.45. The fourth-order valence-electron chi connectivity index (χ4n) is 3.17. The van der Waals surface area contributed by atoms with Gasteiger partial charge in [0, 0.05) is 50.2 Å². The Morgan fingerprint density at radius 3 is 2.93 bits per heavy atom. The van der Waals surface area contributed by atoms with Gasteiger partial charge in [-0.3, -0.25) is 4.99 Å². The van der Waals surface area contributed by atoms with Crippen LogP contribution in [-0.4, -0.2) is 48.7 Å². The van der Waals surface area contributed by atoms with Crippen molar-refractivity contribution in [3.05, 3.63) is 39.7 Å². The summed E-state index contributed by atoms with van der Waals surface area (Å²) in [7, 11) is 1.77. The zero-order chi connectivity index (χ0) is 18.5. The van der Waals surface area contributed by atoms with Crippen LogP contribution in [0.25, 0.3) is 0 Å². The molecule has 0 spiro atoms. The standard InChI is InChI=1S/C18H25FN6S.HI/c1-12-16(26-13(2)23-12)6-9-22-18(20-3)24-14-7-10-25(11-14)17-15(19)5-4-8-21-17;/h4-5,8,14H,6-7,9-11H2,1-3H3,(H2,20,22,24);1H. The molecule has 9 heteroatoms. The first kappa shape index (κ1) is 21.8. The first-order valence-corrected chi connectivity index (χ1v) is 9.64. The maximum Gasteiger partial charge on any atom is 0.191 e. The average molecular weight is 504 g/mol. The zero-order valence-corrected chi connectivity index (χ0v) is 19.0. The van der Waals surface area contributed by atoms with Gasteiger partial charge in [0.25, 0.3) is 0 Å². The van der Waals surface area contributed by atoms with Crippen molar-refractivity contribution in [2.45, 2.75) is 32.7 Å². The Labute approximate surface area is 180 Å². The van der Waals surface area contributed by atoms with Gasteiger partial charge >= 0.3 is 0 Å². The normalized spacial score (nSPS) is 17.0. The number of anilines is 1. The molecule has 1 aliphatic heterocycles. The van der Waals surface area contributed by atoms with E-state index in [-0.39, 0.29) is 35.8 Å². The molecule has 3 heterocycles.